The van der Waals surface area contributed by atoms with E-state index in [0.29, 0.717) is 11.4 Å². The van der Waals surface area contributed by atoms with Crippen LogP contribution in [0.25, 0.3) is 0 Å². The molecule has 2 aromatic carbocycles. The summed E-state index contributed by atoms with van der Waals surface area (Å²) in [6.07, 6.45) is 5.28. The topological polar surface area (TPSA) is 87.6 Å². The van der Waals surface area contributed by atoms with E-state index < -0.39 is 10.0 Å². The molecule has 1 aliphatic rings. The van der Waals surface area contributed by atoms with E-state index in [-0.39, 0.29) is 16.7 Å². The molecule has 1 saturated carbocycles. The Balaban J connectivity index is 1.68. The minimum absolute atomic E-state index is 0.0521. The fourth-order valence-corrected chi connectivity index (χ4v) is 4.15. The van der Waals surface area contributed by atoms with E-state index >= 15 is 0 Å². The molecule has 0 radical (unpaired) electrons. The first-order valence-corrected chi connectivity index (χ1v) is 11.0. The van der Waals surface area contributed by atoms with Gasteiger partial charge in [-0.3, -0.25) is 4.79 Å². The molecule has 0 saturated heterocycles. The minimum atomic E-state index is -3.71. The second-order valence-corrected chi connectivity index (χ2v) is 8.67. The molecule has 148 valence electrons. The summed E-state index contributed by atoms with van der Waals surface area (Å²) < 4.78 is 24.6. The van der Waals surface area contributed by atoms with E-state index in [1.54, 1.807) is 31.2 Å². The lowest BCUT2D eigenvalue weighted by Crippen LogP contribution is -2.24. The van der Waals surface area contributed by atoms with Gasteiger partial charge in [-0.1, -0.05) is 49.6 Å². The van der Waals surface area contributed by atoms with Crippen molar-refractivity contribution in [1.29, 1.82) is 0 Å². The van der Waals surface area contributed by atoms with Gasteiger partial charge in [0.05, 0.1) is 10.6 Å². The third kappa shape index (κ3) is 5.19. The number of nitrogens with zero attached hydrogens (tertiary/aromatic N) is 1. The predicted molar refractivity (Wildman–Crippen MR) is 111 cm³/mol. The fourth-order valence-electron chi connectivity index (χ4n) is 3.28. The molecule has 1 aliphatic carbocycles. The van der Waals surface area contributed by atoms with Crippen molar-refractivity contribution in [3.63, 3.8) is 0 Å². The van der Waals surface area contributed by atoms with Crippen LogP contribution in [0.15, 0.2) is 64.6 Å². The van der Waals surface area contributed by atoms with E-state index in [1.807, 2.05) is 18.2 Å². The highest BCUT2D eigenvalue weighted by atomic mass is 32.2. The van der Waals surface area contributed by atoms with Gasteiger partial charge in [0, 0.05) is 11.6 Å². The van der Waals surface area contributed by atoms with Gasteiger partial charge < -0.3 is 5.32 Å². The molecular weight excluding hydrogens is 374 g/mol. The second kappa shape index (κ2) is 9.01. The summed E-state index contributed by atoms with van der Waals surface area (Å²) in [5.41, 5.74) is 1.93. The van der Waals surface area contributed by atoms with Gasteiger partial charge in [0.15, 0.2) is 0 Å². The number of rotatable bonds is 6. The Morgan fingerprint density at radius 2 is 1.71 bits per heavy atom. The maximum Gasteiger partial charge on any atom is 0.276 e. The van der Waals surface area contributed by atoms with Crippen LogP contribution in [0.4, 0.5) is 5.69 Å². The Morgan fingerprint density at radius 3 is 2.43 bits per heavy atom. The number of hydrazone groups is 1. The van der Waals surface area contributed by atoms with E-state index in [0.717, 1.165) is 31.2 Å². The van der Waals surface area contributed by atoms with Gasteiger partial charge in [-0.15, -0.1) is 0 Å². The largest absolute Gasteiger partial charge is 0.326 e. The highest BCUT2D eigenvalue weighted by molar-refractivity contribution is 7.89. The summed E-state index contributed by atoms with van der Waals surface area (Å²) in [4.78, 5) is 14.8. The highest BCUT2D eigenvalue weighted by Crippen LogP contribution is 2.25. The molecule has 0 spiro atoms. The van der Waals surface area contributed by atoms with Crippen molar-refractivity contribution < 1.29 is 13.2 Å². The van der Waals surface area contributed by atoms with Crippen molar-refractivity contribution in [2.24, 2.45) is 11.0 Å². The summed E-state index contributed by atoms with van der Waals surface area (Å²) in [5.74, 6) is 0.126. The monoisotopic (exact) mass is 399 g/mol. The predicted octanol–water partition coefficient (Wildman–Crippen LogP) is 3.91. The van der Waals surface area contributed by atoms with Gasteiger partial charge in [0.1, 0.15) is 0 Å². The molecular formula is C21H25N3O3S. The van der Waals surface area contributed by atoms with Crippen LogP contribution in [0.3, 0.4) is 0 Å². The van der Waals surface area contributed by atoms with Crippen LogP contribution in [-0.2, 0) is 14.8 Å². The summed E-state index contributed by atoms with van der Waals surface area (Å²) in [6.45, 7) is 1.72. The van der Waals surface area contributed by atoms with Gasteiger partial charge in [-0.25, -0.2) is 0 Å². The number of nitrogens with one attached hydrogen (secondary N) is 2. The number of benzene rings is 2. The number of sulfonamides is 1. The Kier molecular flexibility index (Phi) is 6.46. The summed E-state index contributed by atoms with van der Waals surface area (Å²) in [6, 6.07) is 15.3. The number of amides is 1. The molecule has 1 fully saturated rings. The van der Waals surface area contributed by atoms with Crippen molar-refractivity contribution in [2.45, 2.75) is 43.9 Å². The van der Waals surface area contributed by atoms with E-state index in [4.69, 9.17) is 0 Å². The van der Waals surface area contributed by atoms with Crippen LogP contribution in [0, 0.1) is 5.92 Å². The molecule has 0 bridgehead atoms. The zero-order valence-electron chi connectivity index (χ0n) is 15.9. The Labute approximate surface area is 166 Å². The van der Waals surface area contributed by atoms with E-state index in [1.165, 1.54) is 18.6 Å². The number of carbonyl (C=O) groups is 1. The van der Waals surface area contributed by atoms with Crippen LogP contribution >= 0.6 is 0 Å². The van der Waals surface area contributed by atoms with Crippen LogP contribution in [0.1, 0.15) is 44.6 Å². The first-order chi connectivity index (χ1) is 13.5. The Bertz CT molecular complexity index is 950. The van der Waals surface area contributed by atoms with Gasteiger partial charge in [0.25, 0.3) is 10.0 Å². The molecule has 0 aliphatic heterocycles. The maximum absolute atomic E-state index is 12.4. The molecule has 3 rings (SSSR count). The Hall–Kier alpha value is -2.67. The Morgan fingerprint density at radius 1 is 1.00 bits per heavy atom. The highest BCUT2D eigenvalue weighted by Gasteiger charge is 2.21. The number of anilines is 1. The van der Waals surface area contributed by atoms with Crippen molar-refractivity contribution in [1.82, 2.24) is 4.83 Å². The number of hydrogen-bond acceptors (Lipinski definition) is 4. The molecule has 2 N–H and O–H groups in total. The van der Waals surface area contributed by atoms with Gasteiger partial charge in [0.2, 0.25) is 5.91 Å². The SMILES string of the molecule is CC(=NNS(=O)(=O)c1ccccc1)c1cccc(NC(=O)C2CCCCC2)c1. The van der Waals surface area contributed by atoms with Crippen LogP contribution in [0.5, 0.6) is 0 Å². The van der Waals surface area contributed by atoms with Crippen molar-refractivity contribution in [3.05, 3.63) is 60.2 Å². The van der Waals surface area contributed by atoms with Crippen molar-refractivity contribution >= 4 is 27.3 Å². The molecule has 6 nitrogen and oxygen atoms in total. The average molecular weight is 400 g/mol. The van der Waals surface area contributed by atoms with Crippen molar-refractivity contribution in [2.75, 3.05) is 5.32 Å². The zero-order valence-corrected chi connectivity index (χ0v) is 16.7. The van der Waals surface area contributed by atoms with Gasteiger partial charge in [-0.2, -0.15) is 18.4 Å². The number of hydrogen-bond donors (Lipinski definition) is 2. The van der Waals surface area contributed by atoms with Crippen LogP contribution < -0.4 is 10.1 Å². The lowest BCUT2D eigenvalue weighted by molar-refractivity contribution is -0.120. The molecule has 0 atom stereocenters. The van der Waals surface area contributed by atoms with Gasteiger partial charge >= 0.3 is 0 Å². The smallest absolute Gasteiger partial charge is 0.276 e. The van der Waals surface area contributed by atoms with Crippen LogP contribution in [0.2, 0.25) is 0 Å². The van der Waals surface area contributed by atoms with Crippen molar-refractivity contribution in [3.8, 4) is 0 Å². The summed E-state index contributed by atoms with van der Waals surface area (Å²) in [5, 5.41) is 6.99. The summed E-state index contributed by atoms with van der Waals surface area (Å²) >= 11 is 0. The normalized spacial score (nSPS) is 15.8. The molecule has 0 heterocycles. The molecule has 7 heteroatoms. The lowest BCUT2D eigenvalue weighted by Gasteiger charge is -2.20. The zero-order chi connectivity index (χ0) is 20.0. The summed E-state index contributed by atoms with van der Waals surface area (Å²) in [7, 11) is -3.71. The standard InChI is InChI=1S/C21H25N3O3S/c1-16(23-24-28(26,27)20-13-6-3-7-14-20)18-11-8-12-19(15-18)22-21(25)17-9-4-2-5-10-17/h3,6-8,11-15,17,24H,2,4-5,9-10H2,1H3,(H,22,25). The van der Waals surface area contributed by atoms with Crippen LogP contribution in [-0.4, -0.2) is 20.0 Å². The molecule has 2 aromatic rings. The first-order valence-electron chi connectivity index (χ1n) is 9.48. The third-order valence-electron chi connectivity index (χ3n) is 4.91. The van der Waals surface area contributed by atoms with Gasteiger partial charge in [-0.05, 0) is 49.6 Å². The minimum Gasteiger partial charge on any atom is -0.326 e. The second-order valence-electron chi connectivity index (χ2n) is 7.01. The van der Waals surface area contributed by atoms with E-state index in [9.17, 15) is 13.2 Å². The lowest BCUT2D eigenvalue weighted by atomic mass is 9.88. The molecule has 0 unspecified atom stereocenters. The van der Waals surface area contributed by atoms with E-state index in [2.05, 4.69) is 15.2 Å². The quantitative estimate of drug-likeness (QED) is 0.570. The number of carbonyl (C=O) groups excluding carboxylic acids is 1. The fraction of sp³-hybridized carbons (Fsp3) is 0.333. The molecule has 28 heavy (non-hydrogen) atoms. The maximum atomic E-state index is 12.4. The molecule has 1 amide bonds. The first kappa shape index (κ1) is 20.1. The molecule has 0 aromatic heterocycles. The third-order valence-corrected chi connectivity index (χ3v) is 6.14. The average Bonchev–Trinajstić information content (AvgIpc) is 2.73.